The molecule has 2 fully saturated rings. The van der Waals surface area contributed by atoms with E-state index < -0.39 is 0 Å². The lowest BCUT2D eigenvalue weighted by atomic mass is 10.1. The van der Waals surface area contributed by atoms with Crippen molar-refractivity contribution in [1.82, 2.24) is 4.90 Å². The van der Waals surface area contributed by atoms with E-state index in [1.165, 1.54) is 7.11 Å². The minimum absolute atomic E-state index is 0.124. The van der Waals surface area contributed by atoms with Crippen LogP contribution in [-0.4, -0.2) is 62.4 Å². The van der Waals surface area contributed by atoms with Crippen LogP contribution < -0.4 is 0 Å². The first kappa shape index (κ1) is 15.3. The lowest BCUT2D eigenvalue weighted by molar-refractivity contribution is -0.150. The summed E-state index contributed by atoms with van der Waals surface area (Å²) in [4.78, 5) is 25.2. The van der Waals surface area contributed by atoms with Gasteiger partial charge >= 0.3 is 5.97 Å². The van der Waals surface area contributed by atoms with Gasteiger partial charge in [0.25, 0.3) is 0 Å². The molecule has 1 amide bonds. The summed E-state index contributed by atoms with van der Waals surface area (Å²) in [5, 5.41) is 0. The van der Waals surface area contributed by atoms with Crippen molar-refractivity contribution < 1.29 is 23.8 Å². The van der Waals surface area contributed by atoms with Crippen LogP contribution in [0.1, 0.15) is 32.1 Å². The van der Waals surface area contributed by atoms with Crippen molar-refractivity contribution in [2.24, 2.45) is 0 Å². The number of hydrogen-bond donors (Lipinski definition) is 0. The molecule has 0 spiro atoms. The Balaban J connectivity index is 1.72. The molecule has 6 heteroatoms. The van der Waals surface area contributed by atoms with Gasteiger partial charge in [0.1, 0.15) is 0 Å². The highest BCUT2D eigenvalue weighted by molar-refractivity contribution is 5.76. The molecule has 0 aliphatic carbocycles. The summed E-state index contributed by atoms with van der Waals surface area (Å²) in [7, 11) is 1.36. The van der Waals surface area contributed by atoms with E-state index in [9.17, 15) is 9.59 Å². The number of amides is 1. The molecular weight excluding hydrogens is 262 g/mol. The average Bonchev–Trinajstić information content (AvgIpc) is 2.98. The van der Waals surface area contributed by atoms with E-state index >= 15 is 0 Å². The Labute approximate surface area is 119 Å². The minimum Gasteiger partial charge on any atom is -0.469 e. The molecular formula is C14H23NO5. The Hall–Kier alpha value is -1.14. The SMILES string of the molecule is COC(=O)CC1CN(C(=O)CCC2CCCO2)CCO1. The first-order chi connectivity index (χ1) is 9.69. The molecule has 0 bridgehead atoms. The van der Waals surface area contributed by atoms with Gasteiger partial charge in [-0.05, 0) is 19.3 Å². The summed E-state index contributed by atoms with van der Waals surface area (Å²) in [5.41, 5.74) is 0. The molecule has 2 rings (SSSR count). The van der Waals surface area contributed by atoms with Crippen molar-refractivity contribution >= 4 is 11.9 Å². The normalized spacial score (nSPS) is 26.6. The summed E-state index contributed by atoms with van der Waals surface area (Å²) in [6.45, 7) is 2.37. The number of carbonyl (C=O) groups is 2. The van der Waals surface area contributed by atoms with E-state index in [-0.39, 0.29) is 30.5 Å². The molecule has 0 saturated carbocycles. The molecule has 20 heavy (non-hydrogen) atoms. The maximum absolute atomic E-state index is 12.2. The molecule has 2 heterocycles. The number of methoxy groups -OCH3 is 1. The van der Waals surface area contributed by atoms with Gasteiger partial charge in [-0.25, -0.2) is 0 Å². The zero-order valence-electron chi connectivity index (χ0n) is 12.0. The molecule has 6 nitrogen and oxygen atoms in total. The molecule has 0 radical (unpaired) electrons. The van der Waals surface area contributed by atoms with Crippen molar-refractivity contribution in [1.29, 1.82) is 0 Å². The molecule has 0 N–H and O–H groups in total. The number of morpholine rings is 1. The lowest BCUT2D eigenvalue weighted by Gasteiger charge is -2.32. The number of hydrogen-bond acceptors (Lipinski definition) is 5. The third-order valence-corrected chi connectivity index (χ3v) is 3.82. The van der Waals surface area contributed by atoms with Crippen LogP contribution in [0, 0.1) is 0 Å². The molecule has 0 aromatic rings. The van der Waals surface area contributed by atoms with Gasteiger partial charge < -0.3 is 19.1 Å². The van der Waals surface area contributed by atoms with E-state index in [1.54, 1.807) is 4.90 Å². The molecule has 2 aliphatic rings. The van der Waals surface area contributed by atoms with Gasteiger partial charge in [0.05, 0.1) is 32.3 Å². The second-order valence-corrected chi connectivity index (χ2v) is 5.29. The highest BCUT2D eigenvalue weighted by Gasteiger charge is 2.27. The van der Waals surface area contributed by atoms with Gasteiger partial charge in [0, 0.05) is 26.1 Å². The predicted octanol–water partition coefficient (Wildman–Crippen LogP) is 0.736. The van der Waals surface area contributed by atoms with Gasteiger partial charge in [-0.15, -0.1) is 0 Å². The van der Waals surface area contributed by atoms with Gasteiger partial charge in [-0.2, -0.15) is 0 Å². The van der Waals surface area contributed by atoms with E-state index in [2.05, 4.69) is 4.74 Å². The summed E-state index contributed by atoms with van der Waals surface area (Å²) < 4.78 is 15.6. The zero-order valence-corrected chi connectivity index (χ0v) is 12.0. The molecule has 114 valence electrons. The number of ether oxygens (including phenoxy) is 3. The Morgan fingerprint density at radius 3 is 2.75 bits per heavy atom. The molecule has 2 atom stereocenters. The van der Waals surface area contributed by atoms with Crippen molar-refractivity contribution in [2.45, 2.75) is 44.3 Å². The van der Waals surface area contributed by atoms with Crippen LogP contribution in [0.5, 0.6) is 0 Å². The summed E-state index contributed by atoms with van der Waals surface area (Å²) in [5.74, 6) is -0.178. The summed E-state index contributed by atoms with van der Waals surface area (Å²) in [6, 6.07) is 0. The Kier molecular flexibility index (Phi) is 5.79. The van der Waals surface area contributed by atoms with Crippen LogP contribution in [0.4, 0.5) is 0 Å². The number of carbonyl (C=O) groups excluding carboxylic acids is 2. The molecule has 0 aromatic heterocycles. The predicted molar refractivity (Wildman–Crippen MR) is 71.2 cm³/mol. The van der Waals surface area contributed by atoms with Crippen molar-refractivity contribution in [3.05, 3.63) is 0 Å². The third kappa shape index (κ3) is 4.45. The highest BCUT2D eigenvalue weighted by atomic mass is 16.5. The van der Waals surface area contributed by atoms with Gasteiger partial charge in [0.15, 0.2) is 0 Å². The third-order valence-electron chi connectivity index (χ3n) is 3.82. The Morgan fingerprint density at radius 1 is 1.25 bits per heavy atom. The van der Waals surface area contributed by atoms with Crippen LogP contribution in [0.2, 0.25) is 0 Å². The maximum atomic E-state index is 12.2. The fraction of sp³-hybridized carbons (Fsp3) is 0.857. The maximum Gasteiger partial charge on any atom is 0.308 e. The second kappa shape index (κ2) is 7.59. The standard InChI is InChI=1S/C14H23NO5/c1-18-14(17)9-12-10-15(6-8-20-12)13(16)5-4-11-3-2-7-19-11/h11-12H,2-10H2,1H3. The van der Waals surface area contributed by atoms with Crippen LogP contribution in [0.15, 0.2) is 0 Å². The van der Waals surface area contributed by atoms with Gasteiger partial charge in [-0.1, -0.05) is 0 Å². The molecule has 2 saturated heterocycles. The number of nitrogens with zero attached hydrogens (tertiary/aromatic N) is 1. The topological polar surface area (TPSA) is 65.1 Å². The highest BCUT2D eigenvalue weighted by Crippen LogP contribution is 2.18. The Bertz CT molecular complexity index is 340. The van der Waals surface area contributed by atoms with E-state index in [4.69, 9.17) is 9.47 Å². The van der Waals surface area contributed by atoms with Crippen molar-refractivity contribution in [3.8, 4) is 0 Å². The number of rotatable bonds is 5. The van der Waals surface area contributed by atoms with Crippen LogP contribution >= 0.6 is 0 Å². The molecule has 2 unspecified atom stereocenters. The second-order valence-electron chi connectivity index (χ2n) is 5.29. The smallest absolute Gasteiger partial charge is 0.308 e. The van der Waals surface area contributed by atoms with E-state index in [1.807, 2.05) is 0 Å². The minimum atomic E-state index is -0.302. The summed E-state index contributed by atoms with van der Waals surface area (Å²) in [6.07, 6.45) is 3.65. The van der Waals surface area contributed by atoms with Crippen LogP contribution in [0.25, 0.3) is 0 Å². The largest absolute Gasteiger partial charge is 0.469 e. The fourth-order valence-corrected chi connectivity index (χ4v) is 2.65. The first-order valence-electron chi connectivity index (χ1n) is 7.27. The van der Waals surface area contributed by atoms with Gasteiger partial charge in [-0.3, -0.25) is 9.59 Å². The number of esters is 1. The van der Waals surface area contributed by atoms with Gasteiger partial charge in [0.2, 0.25) is 5.91 Å². The molecule has 0 aromatic carbocycles. The Morgan fingerprint density at radius 2 is 2.05 bits per heavy atom. The lowest BCUT2D eigenvalue weighted by Crippen LogP contribution is -2.46. The first-order valence-corrected chi connectivity index (χ1v) is 7.27. The quantitative estimate of drug-likeness (QED) is 0.697. The van der Waals surface area contributed by atoms with Crippen LogP contribution in [0.3, 0.4) is 0 Å². The monoisotopic (exact) mass is 285 g/mol. The van der Waals surface area contributed by atoms with Crippen LogP contribution in [-0.2, 0) is 23.8 Å². The van der Waals surface area contributed by atoms with Crippen molar-refractivity contribution in [3.63, 3.8) is 0 Å². The zero-order chi connectivity index (χ0) is 14.4. The molecule has 2 aliphatic heterocycles. The summed E-state index contributed by atoms with van der Waals surface area (Å²) >= 11 is 0. The van der Waals surface area contributed by atoms with E-state index in [0.29, 0.717) is 26.1 Å². The van der Waals surface area contributed by atoms with Crippen molar-refractivity contribution in [2.75, 3.05) is 33.4 Å². The van der Waals surface area contributed by atoms with E-state index in [0.717, 1.165) is 25.9 Å². The average molecular weight is 285 g/mol. The fourth-order valence-electron chi connectivity index (χ4n) is 2.65.